The SMILES string of the molecule is O=C(O)C(F)(F)C(F)(F)C(F)(F)C(F)(F)C(F)(F)C(F)(F)C(F)(F)C(F)(F)C(F)(F)C(F)(F)C(F)(F)C(F)(F)C(F)(F)C(F)(F)C(F)(F)C(F)(F)C(F)(F)C(F)(F)C(F)(F)C(F)(F)C(F)(F)C(F)(F)F. The van der Waals surface area contributed by atoms with Crippen LogP contribution in [0.2, 0.25) is 0 Å². The Hall–Kier alpha value is -3.68. The quantitative estimate of drug-likeness (QED) is 0.116. The molecule has 0 aliphatic heterocycles. The van der Waals surface area contributed by atoms with Gasteiger partial charge in [0.05, 0.1) is 0 Å². The van der Waals surface area contributed by atoms with Crippen molar-refractivity contribution in [2.45, 2.75) is 131 Å². The van der Waals surface area contributed by atoms with Crippen molar-refractivity contribution in [2.24, 2.45) is 0 Å². The summed E-state index contributed by atoms with van der Waals surface area (Å²) in [6.45, 7) is 0. The maximum atomic E-state index is 14.0. The lowest BCUT2D eigenvalue weighted by molar-refractivity contribution is -0.497. The van der Waals surface area contributed by atoms with Crippen molar-refractivity contribution in [3.63, 3.8) is 0 Å². The van der Waals surface area contributed by atoms with Gasteiger partial charge in [-0.3, -0.25) is 0 Å². The molecule has 0 aromatic carbocycles. The molecule has 0 bridgehead atoms. The fraction of sp³-hybridized carbons (Fsp3) is 0.957. The second kappa shape index (κ2) is 15.7. The van der Waals surface area contributed by atoms with Gasteiger partial charge in [0.1, 0.15) is 0 Å². The van der Waals surface area contributed by atoms with Gasteiger partial charge in [-0.1, -0.05) is 0 Å². The highest BCUT2D eigenvalue weighted by Crippen LogP contribution is 2.72. The number of alkyl halides is 45. The van der Waals surface area contributed by atoms with Crippen molar-refractivity contribution in [3.8, 4) is 0 Å². The molecule has 0 unspecified atom stereocenters. The van der Waals surface area contributed by atoms with Gasteiger partial charge in [0.25, 0.3) is 0 Å². The van der Waals surface area contributed by atoms with E-state index in [4.69, 9.17) is 5.11 Å². The number of carboxylic acid groups (broad SMARTS) is 1. The van der Waals surface area contributed by atoms with E-state index >= 15 is 0 Å². The van der Waals surface area contributed by atoms with Crippen LogP contribution >= 0.6 is 0 Å². The maximum Gasteiger partial charge on any atom is 0.460 e. The predicted octanol–water partition coefficient (Wildman–Crippen LogP) is 14.0. The number of hydrogen-bond donors (Lipinski definition) is 1. The van der Waals surface area contributed by atoms with Crippen LogP contribution < -0.4 is 0 Å². The molecule has 0 heterocycles. The summed E-state index contributed by atoms with van der Waals surface area (Å²) < 4.78 is 612. The summed E-state index contributed by atoms with van der Waals surface area (Å²) in [5.41, 5.74) is 0. The van der Waals surface area contributed by atoms with E-state index in [2.05, 4.69) is 0 Å². The van der Waals surface area contributed by atoms with Gasteiger partial charge in [-0.15, -0.1) is 0 Å². The van der Waals surface area contributed by atoms with E-state index in [1.165, 1.54) is 0 Å². The minimum absolute atomic E-state index is 5.00. The lowest BCUT2D eigenvalue weighted by Gasteiger charge is -2.47. The summed E-state index contributed by atoms with van der Waals surface area (Å²) in [5.74, 6) is -219. The zero-order chi connectivity index (χ0) is 58.6. The summed E-state index contributed by atoms with van der Waals surface area (Å²) in [6, 6.07) is 0. The minimum Gasteiger partial charge on any atom is -0.477 e. The van der Waals surface area contributed by atoms with E-state index in [-0.39, 0.29) is 0 Å². The molecule has 0 atom stereocenters. The molecule has 420 valence electrons. The van der Waals surface area contributed by atoms with Crippen LogP contribution in [-0.2, 0) is 4.79 Å². The Morgan fingerprint density at radius 1 is 0.171 bits per heavy atom. The van der Waals surface area contributed by atoms with Crippen LogP contribution in [0.4, 0.5) is 198 Å². The molecule has 1 N–H and O–H groups in total. The fourth-order valence-corrected chi connectivity index (χ4v) is 4.06. The lowest BCUT2D eigenvalue weighted by atomic mass is 9.81. The average molecular weight is 1160 g/mol. The molecular formula is C23HF45O2. The Labute approximate surface area is 345 Å². The molecule has 0 aromatic heterocycles. The van der Waals surface area contributed by atoms with E-state index in [1.54, 1.807) is 0 Å². The van der Waals surface area contributed by atoms with Crippen molar-refractivity contribution in [1.82, 2.24) is 0 Å². The molecule has 0 aromatic rings. The first-order chi connectivity index (χ1) is 29.2. The van der Waals surface area contributed by atoms with Gasteiger partial charge < -0.3 is 5.11 Å². The zero-order valence-electron chi connectivity index (χ0n) is 29.4. The Bertz CT molecular complexity index is 1940. The van der Waals surface area contributed by atoms with Crippen LogP contribution in [-0.4, -0.2) is 142 Å². The molecule has 0 saturated heterocycles. The second-order valence-electron chi connectivity index (χ2n) is 12.9. The number of carbonyl (C=O) groups is 1. The summed E-state index contributed by atoms with van der Waals surface area (Å²) in [6.07, 6.45) is -8.59. The van der Waals surface area contributed by atoms with E-state index in [1.807, 2.05) is 0 Å². The minimum atomic E-state index is -10.8. The van der Waals surface area contributed by atoms with Crippen molar-refractivity contribution in [1.29, 1.82) is 0 Å². The normalized spacial score (nSPS) is 17.3. The predicted molar refractivity (Wildman–Crippen MR) is 118 cm³/mol. The van der Waals surface area contributed by atoms with Gasteiger partial charge in [0.15, 0.2) is 0 Å². The van der Waals surface area contributed by atoms with Crippen molar-refractivity contribution in [3.05, 3.63) is 0 Å². The Kier molecular flexibility index (Phi) is 14.8. The zero-order valence-corrected chi connectivity index (χ0v) is 29.4. The number of rotatable bonds is 21. The van der Waals surface area contributed by atoms with Gasteiger partial charge in [-0.05, 0) is 0 Å². The topological polar surface area (TPSA) is 37.3 Å². The highest BCUT2D eigenvalue weighted by atomic mass is 19.4. The number of hydrogen-bond acceptors (Lipinski definition) is 1. The Morgan fingerprint density at radius 3 is 0.343 bits per heavy atom. The molecule has 0 fully saturated rings. The van der Waals surface area contributed by atoms with Gasteiger partial charge in [0, 0.05) is 0 Å². The number of carboxylic acids is 1. The smallest absolute Gasteiger partial charge is 0.460 e. The lowest BCUT2D eigenvalue weighted by Crippen LogP contribution is -2.81. The molecule has 70 heavy (non-hydrogen) atoms. The number of halogens is 45. The second-order valence-corrected chi connectivity index (χ2v) is 12.9. The third-order valence-electron chi connectivity index (χ3n) is 8.51. The van der Waals surface area contributed by atoms with Crippen LogP contribution in [0.3, 0.4) is 0 Å². The van der Waals surface area contributed by atoms with Gasteiger partial charge in [-0.25, -0.2) is 4.79 Å². The van der Waals surface area contributed by atoms with Crippen molar-refractivity contribution >= 4 is 5.97 Å². The highest BCUT2D eigenvalue weighted by Gasteiger charge is 3.04. The Balaban J connectivity index is 8.12. The van der Waals surface area contributed by atoms with E-state index < -0.39 is 137 Å². The summed E-state index contributed by atoms with van der Waals surface area (Å²) >= 11 is 0. The molecule has 0 rings (SSSR count). The van der Waals surface area contributed by atoms with Crippen molar-refractivity contribution in [2.75, 3.05) is 0 Å². The van der Waals surface area contributed by atoms with Crippen LogP contribution in [0.15, 0.2) is 0 Å². The van der Waals surface area contributed by atoms with Crippen LogP contribution in [0, 0.1) is 0 Å². The largest absolute Gasteiger partial charge is 0.477 e. The standard InChI is InChI=1S/C23HF45O2/c24-2(25,1(69)70)3(26,27)4(28,29)5(30,31)6(32,33)7(34,35)8(36,37)9(38,39)10(40,41)11(42,43)12(44,45)13(46,47)14(48,49)15(50,51)16(52,53)17(54,55)18(56,57)19(58,59)20(60,61)21(62,63)22(64,65)23(66,67)68/h(H,69,70). The first kappa shape index (κ1) is 66.3. The van der Waals surface area contributed by atoms with E-state index in [0.29, 0.717) is 0 Å². The monoisotopic (exact) mass is 1160 g/mol. The summed E-state index contributed by atoms with van der Waals surface area (Å²) in [4.78, 5) is 9.99. The molecule has 0 amide bonds. The Morgan fingerprint density at radius 2 is 0.257 bits per heavy atom. The molecule has 0 spiro atoms. The third-order valence-corrected chi connectivity index (χ3v) is 8.51. The van der Waals surface area contributed by atoms with E-state index in [0.717, 1.165) is 0 Å². The third kappa shape index (κ3) is 7.05. The van der Waals surface area contributed by atoms with Crippen LogP contribution in [0.1, 0.15) is 0 Å². The summed E-state index contributed by atoms with van der Waals surface area (Å²) in [7, 11) is 0. The fourth-order valence-electron chi connectivity index (χ4n) is 4.06. The molecular weight excluding hydrogens is 1160 g/mol. The molecule has 0 radical (unpaired) electrons. The summed E-state index contributed by atoms with van der Waals surface area (Å²) in [5, 5.41) is 7.67. The molecule has 47 heteroatoms. The van der Waals surface area contributed by atoms with Crippen LogP contribution in [0.5, 0.6) is 0 Å². The maximum absolute atomic E-state index is 14.0. The first-order valence-corrected chi connectivity index (χ1v) is 14.4. The molecule has 0 aliphatic carbocycles. The van der Waals surface area contributed by atoms with Crippen molar-refractivity contribution < 1.29 is 207 Å². The molecule has 0 saturated carbocycles. The van der Waals surface area contributed by atoms with E-state index in [9.17, 15) is 202 Å². The first-order valence-electron chi connectivity index (χ1n) is 14.4. The molecule has 0 aliphatic rings. The highest BCUT2D eigenvalue weighted by molar-refractivity contribution is 5.77. The van der Waals surface area contributed by atoms with Crippen LogP contribution in [0.25, 0.3) is 0 Å². The van der Waals surface area contributed by atoms with Gasteiger partial charge in [-0.2, -0.15) is 198 Å². The van der Waals surface area contributed by atoms with Gasteiger partial charge in [0.2, 0.25) is 0 Å². The average Bonchev–Trinajstić information content (AvgIpc) is 3.12. The molecule has 2 nitrogen and oxygen atoms in total. The van der Waals surface area contributed by atoms with Gasteiger partial charge >= 0.3 is 137 Å². The number of aliphatic carboxylic acids is 1.